The van der Waals surface area contributed by atoms with Gasteiger partial charge in [0.05, 0.1) is 0 Å². The van der Waals surface area contributed by atoms with E-state index in [4.69, 9.17) is 16.6 Å². The molecule has 0 radical (unpaired) electrons. The number of nitrogens with one attached hydrogen (secondary N) is 2. The van der Waals surface area contributed by atoms with Gasteiger partial charge in [-0.1, -0.05) is 23.7 Å². The zero-order chi connectivity index (χ0) is 16.5. The van der Waals surface area contributed by atoms with Gasteiger partial charge in [0.15, 0.2) is 5.96 Å². The Balaban J connectivity index is 1.78. The first-order valence-corrected chi connectivity index (χ1v) is 9.00. The Morgan fingerprint density at radius 2 is 2.09 bits per heavy atom. The highest BCUT2D eigenvalue weighted by Gasteiger charge is 2.16. The van der Waals surface area contributed by atoms with Crippen LogP contribution in [0.15, 0.2) is 29.3 Å². The molecule has 2 rings (SSSR count). The minimum Gasteiger partial charge on any atom is -0.357 e. The average molecular weight is 337 g/mol. The van der Waals surface area contributed by atoms with E-state index >= 15 is 0 Å². The summed E-state index contributed by atoms with van der Waals surface area (Å²) in [6.07, 6.45) is 3.54. The Bertz CT molecular complexity index is 486. The summed E-state index contributed by atoms with van der Waals surface area (Å²) in [6.45, 7) is 7.15. The van der Waals surface area contributed by atoms with Crippen molar-refractivity contribution in [2.45, 2.75) is 26.2 Å². The van der Waals surface area contributed by atoms with Gasteiger partial charge in [-0.2, -0.15) is 0 Å². The molecule has 1 aliphatic rings. The van der Waals surface area contributed by atoms with Gasteiger partial charge in [-0.15, -0.1) is 0 Å². The first-order valence-electron chi connectivity index (χ1n) is 8.62. The van der Waals surface area contributed by atoms with Gasteiger partial charge in [-0.05, 0) is 63.4 Å². The summed E-state index contributed by atoms with van der Waals surface area (Å²) in [4.78, 5) is 7.17. The summed E-state index contributed by atoms with van der Waals surface area (Å²) in [7, 11) is 2.20. The van der Waals surface area contributed by atoms with E-state index in [0.717, 1.165) is 43.6 Å². The SMILES string of the molecule is CCNC(=NCC1CCCN(C)C1)NCCc1ccc(Cl)cc1. The third kappa shape index (κ3) is 6.80. The molecular weight excluding hydrogens is 308 g/mol. The van der Waals surface area contributed by atoms with Crippen LogP contribution >= 0.6 is 11.6 Å². The van der Waals surface area contributed by atoms with Crippen LogP contribution in [0.2, 0.25) is 5.02 Å². The lowest BCUT2D eigenvalue weighted by atomic mass is 9.99. The third-order valence-electron chi connectivity index (χ3n) is 4.19. The van der Waals surface area contributed by atoms with E-state index in [2.05, 4.69) is 41.6 Å². The lowest BCUT2D eigenvalue weighted by Gasteiger charge is -2.28. The number of nitrogens with zero attached hydrogens (tertiary/aromatic N) is 2. The third-order valence-corrected chi connectivity index (χ3v) is 4.45. The fraction of sp³-hybridized carbons (Fsp3) is 0.611. The number of piperidine rings is 1. The van der Waals surface area contributed by atoms with Gasteiger partial charge in [0, 0.05) is 31.2 Å². The highest BCUT2D eigenvalue weighted by Crippen LogP contribution is 2.15. The van der Waals surface area contributed by atoms with E-state index in [1.54, 1.807) is 0 Å². The Kier molecular flexibility index (Phi) is 7.69. The predicted octanol–water partition coefficient (Wildman–Crippen LogP) is 2.78. The van der Waals surface area contributed by atoms with E-state index in [9.17, 15) is 0 Å². The number of likely N-dealkylation sites (tertiary alicyclic amines) is 1. The molecule has 4 nitrogen and oxygen atoms in total. The minimum absolute atomic E-state index is 0.681. The molecule has 1 aliphatic heterocycles. The van der Waals surface area contributed by atoms with Gasteiger partial charge in [0.25, 0.3) is 0 Å². The van der Waals surface area contributed by atoms with Crippen molar-refractivity contribution in [3.8, 4) is 0 Å². The lowest BCUT2D eigenvalue weighted by Crippen LogP contribution is -2.39. The van der Waals surface area contributed by atoms with Crippen LogP contribution in [0.1, 0.15) is 25.3 Å². The van der Waals surface area contributed by atoms with Gasteiger partial charge >= 0.3 is 0 Å². The smallest absolute Gasteiger partial charge is 0.191 e. The maximum Gasteiger partial charge on any atom is 0.191 e. The second-order valence-electron chi connectivity index (χ2n) is 6.29. The van der Waals surface area contributed by atoms with E-state index in [1.807, 2.05) is 12.1 Å². The molecule has 0 amide bonds. The number of benzene rings is 1. The molecule has 0 bridgehead atoms. The maximum absolute atomic E-state index is 5.91. The molecule has 1 fully saturated rings. The van der Waals surface area contributed by atoms with E-state index in [0.29, 0.717) is 5.92 Å². The van der Waals surface area contributed by atoms with Crippen molar-refractivity contribution in [3.05, 3.63) is 34.9 Å². The van der Waals surface area contributed by atoms with Crippen LogP contribution in [0.25, 0.3) is 0 Å². The topological polar surface area (TPSA) is 39.7 Å². The van der Waals surface area contributed by atoms with Crippen molar-refractivity contribution in [1.82, 2.24) is 15.5 Å². The first kappa shape index (κ1) is 18.1. The normalized spacial score (nSPS) is 19.6. The van der Waals surface area contributed by atoms with Crippen LogP contribution < -0.4 is 10.6 Å². The Labute approximate surface area is 145 Å². The standard InChI is InChI=1S/C18H29ClN4/c1-3-20-18(22-13-16-5-4-12-23(2)14-16)21-11-10-15-6-8-17(19)9-7-15/h6-9,16H,3-5,10-14H2,1-2H3,(H2,20,21,22). The molecule has 1 unspecified atom stereocenters. The molecule has 1 heterocycles. The lowest BCUT2D eigenvalue weighted by molar-refractivity contribution is 0.214. The Hall–Kier alpha value is -1.26. The van der Waals surface area contributed by atoms with Gasteiger partial charge in [-0.25, -0.2) is 0 Å². The van der Waals surface area contributed by atoms with Crippen LogP contribution in [0, 0.1) is 5.92 Å². The zero-order valence-corrected chi connectivity index (χ0v) is 15.1. The highest BCUT2D eigenvalue weighted by molar-refractivity contribution is 6.30. The van der Waals surface area contributed by atoms with Crippen LogP contribution in [-0.4, -0.2) is 50.6 Å². The number of hydrogen-bond acceptors (Lipinski definition) is 2. The number of halogens is 1. The number of aliphatic imine (C=N–C) groups is 1. The van der Waals surface area contributed by atoms with Crippen LogP contribution in [-0.2, 0) is 6.42 Å². The van der Waals surface area contributed by atoms with Crippen LogP contribution in [0.3, 0.4) is 0 Å². The fourth-order valence-electron chi connectivity index (χ4n) is 2.96. The molecule has 2 N–H and O–H groups in total. The largest absolute Gasteiger partial charge is 0.357 e. The summed E-state index contributed by atoms with van der Waals surface area (Å²) in [5, 5.41) is 7.55. The van der Waals surface area contributed by atoms with Gasteiger partial charge in [0.1, 0.15) is 0 Å². The average Bonchev–Trinajstić information content (AvgIpc) is 2.54. The van der Waals surface area contributed by atoms with Crippen LogP contribution in [0.4, 0.5) is 0 Å². The summed E-state index contributed by atoms with van der Waals surface area (Å²) in [5.74, 6) is 1.61. The maximum atomic E-state index is 5.91. The van der Waals surface area contributed by atoms with Crippen molar-refractivity contribution in [2.75, 3.05) is 39.8 Å². The number of rotatable bonds is 6. The second-order valence-corrected chi connectivity index (χ2v) is 6.73. The molecule has 128 valence electrons. The minimum atomic E-state index is 0.681. The van der Waals surface area contributed by atoms with Gasteiger partial charge in [0.2, 0.25) is 0 Å². The van der Waals surface area contributed by atoms with Crippen molar-refractivity contribution >= 4 is 17.6 Å². The summed E-state index contributed by atoms with van der Waals surface area (Å²) < 4.78 is 0. The van der Waals surface area contributed by atoms with Gasteiger partial charge < -0.3 is 15.5 Å². The zero-order valence-electron chi connectivity index (χ0n) is 14.3. The summed E-state index contributed by atoms with van der Waals surface area (Å²) in [5.41, 5.74) is 1.28. The van der Waals surface area contributed by atoms with Crippen molar-refractivity contribution in [2.24, 2.45) is 10.9 Å². The summed E-state index contributed by atoms with van der Waals surface area (Å²) >= 11 is 5.91. The Morgan fingerprint density at radius 1 is 1.30 bits per heavy atom. The molecule has 5 heteroatoms. The molecule has 1 atom stereocenters. The van der Waals surface area contributed by atoms with Crippen molar-refractivity contribution in [1.29, 1.82) is 0 Å². The Morgan fingerprint density at radius 3 is 2.78 bits per heavy atom. The van der Waals surface area contributed by atoms with Crippen molar-refractivity contribution < 1.29 is 0 Å². The molecule has 0 aliphatic carbocycles. The van der Waals surface area contributed by atoms with Crippen LogP contribution in [0.5, 0.6) is 0 Å². The summed E-state index contributed by atoms with van der Waals surface area (Å²) in [6, 6.07) is 8.03. The highest BCUT2D eigenvalue weighted by atomic mass is 35.5. The predicted molar refractivity (Wildman–Crippen MR) is 99.4 cm³/mol. The van der Waals surface area contributed by atoms with E-state index in [1.165, 1.54) is 24.9 Å². The molecule has 1 aromatic carbocycles. The fourth-order valence-corrected chi connectivity index (χ4v) is 3.09. The molecule has 0 aromatic heterocycles. The molecule has 1 saturated heterocycles. The van der Waals surface area contributed by atoms with E-state index in [-0.39, 0.29) is 0 Å². The second kappa shape index (κ2) is 9.78. The van der Waals surface area contributed by atoms with Crippen molar-refractivity contribution in [3.63, 3.8) is 0 Å². The molecule has 23 heavy (non-hydrogen) atoms. The molecule has 0 spiro atoms. The van der Waals surface area contributed by atoms with Gasteiger partial charge in [-0.3, -0.25) is 4.99 Å². The van der Waals surface area contributed by atoms with E-state index < -0.39 is 0 Å². The quantitative estimate of drug-likeness (QED) is 0.620. The molecular formula is C18H29ClN4. The number of guanidine groups is 1. The number of hydrogen-bond donors (Lipinski definition) is 2. The molecule has 1 aromatic rings. The first-order chi connectivity index (χ1) is 11.2. The molecule has 0 saturated carbocycles. The monoisotopic (exact) mass is 336 g/mol.